The molecule has 0 saturated carbocycles. The van der Waals surface area contributed by atoms with Crippen LogP contribution >= 0.6 is 0 Å². The Labute approximate surface area is 162 Å². The van der Waals surface area contributed by atoms with Gasteiger partial charge in [0.25, 0.3) is 11.8 Å². The highest BCUT2D eigenvalue weighted by Crippen LogP contribution is 2.02. The molecular weight excluding hydrogens is 360 g/mol. The SMILES string of the molecule is C[C@H](O)[C@H](O)CC(/C=N\NC(=O)c1ccccc1)=N/NC(=O)c1ccccc1. The molecule has 28 heavy (non-hydrogen) atoms. The number of benzene rings is 2. The molecule has 0 aliphatic rings. The van der Waals surface area contributed by atoms with E-state index in [0.29, 0.717) is 11.1 Å². The fraction of sp³-hybridized carbons (Fsp3) is 0.200. The van der Waals surface area contributed by atoms with Gasteiger partial charge in [0.15, 0.2) is 0 Å². The second-order valence-electron chi connectivity index (χ2n) is 5.99. The number of aliphatic hydroxyl groups is 2. The van der Waals surface area contributed by atoms with Crippen LogP contribution in [0.25, 0.3) is 0 Å². The number of amides is 2. The number of nitrogens with zero attached hydrogens (tertiary/aromatic N) is 2. The summed E-state index contributed by atoms with van der Waals surface area (Å²) in [6, 6.07) is 17.0. The molecule has 2 amide bonds. The normalized spacial score (nSPS) is 13.8. The van der Waals surface area contributed by atoms with Gasteiger partial charge in [-0.3, -0.25) is 9.59 Å². The van der Waals surface area contributed by atoms with Gasteiger partial charge in [0.2, 0.25) is 0 Å². The zero-order valence-electron chi connectivity index (χ0n) is 15.3. The Morgan fingerprint density at radius 2 is 1.43 bits per heavy atom. The second-order valence-corrected chi connectivity index (χ2v) is 5.99. The molecular formula is C20H22N4O4. The first kappa shape index (κ1) is 20.9. The molecule has 0 fully saturated rings. The van der Waals surface area contributed by atoms with Gasteiger partial charge in [-0.2, -0.15) is 10.2 Å². The van der Waals surface area contributed by atoms with Crippen molar-refractivity contribution in [2.45, 2.75) is 25.6 Å². The fourth-order valence-corrected chi connectivity index (χ4v) is 2.11. The van der Waals surface area contributed by atoms with Crippen molar-refractivity contribution < 1.29 is 19.8 Å². The number of carbonyl (C=O) groups is 2. The summed E-state index contributed by atoms with van der Waals surface area (Å²) in [6.07, 6.45) is -0.971. The predicted molar refractivity (Wildman–Crippen MR) is 106 cm³/mol. The minimum Gasteiger partial charge on any atom is -0.391 e. The van der Waals surface area contributed by atoms with Gasteiger partial charge in [0.05, 0.1) is 24.1 Å². The molecule has 0 saturated heterocycles. The van der Waals surface area contributed by atoms with E-state index in [1.54, 1.807) is 60.7 Å². The van der Waals surface area contributed by atoms with E-state index >= 15 is 0 Å². The summed E-state index contributed by atoms with van der Waals surface area (Å²) in [5.74, 6) is -0.855. The lowest BCUT2D eigenvalue weighted by Crippen LogP contribution is -2.29. The standard InChI is InChI=1S/C20H22N4O4/c1-14(25)18(26)12-17(22-24-20(28)16-10-6-3-7-11-16)13-21-23-19(27)15-8-4-2-5-9-15/h2-11,13-14,18,25-26H,12H2,1H3,(H,23,27)(H,24,28)/b21-13-,22-17-/t14-,18+/m0/s1. The van der Waals surface area contributed by atoms with E-state index in [1.807, 2.05) is 0 Å². The van der Waals surface area contributed by atoms with Crippen molar-refractivity contribution in [2.24, 2.45) is 10.2 Å². The van der Waals surface area contributed by atoms with Crippen molar-refractivity contribution in [3.63, 3.8) is 0 Å². The highest BCUT2D eigenvalue weighted by Gasteiger charge is 2.14. The lowest BCUT2D eigenvalue weighted by Gasteiger charge is -2.13. The topological polar surface area (TPSA) is 123 Å². The van der Waals surface area contributed by atoms with E-state index in [-0.39, 0.29) is 12.1 Å². The maximum Gasteiger partial charge on any atom is 0.271 e. The van der Waals surface area contributed by atoms with Crippen molar-refractivity contribution >= 4 is 23.7 Å². The molecule has 2 rings (SSSR count). The number of nitrogens with one attached hydrogen (secondary N) is 2. The second kappa shape index (κ2) is 10.7. The van der Waals surface area contributed by atoms with Crippen LogP contribution in [0, 0.1) is 0 Å². The van der Waals surface area contributed by atoms with Gasteiger partial charge in [-0.1, -0.05) is 36.4 Å². The van der Waals surface area contributed by atoms with Crippen molar-refractivity contribution in [3.8, 4) is 0 Å². The Hall–Kier alpha value is -3.36. The predicted octanol–water partition coefficient (Wildman–Crippen LogP) is 1.32. The summed E-state index contributed by atoms with van der Waals surface area (Å²) >= 11 is 0. The number of hydrogen-bond acceptors (Lipinski definition) is 6. The molecule has 0 aliphatic carbocycles. The summed E-state index contributed by atoms with van der Waals surface area (Å²) in [7, 11) is 0. The Kier molecular flexibility index (Phi) is 8.01. The Morgan fingerprint density at radius 3 is 1.93 bits per heavy atom. The third kappa shape index (κ3) is 6.75. The zero-order chi connectivity index (χ0) is 20.4. The van der Waals surface area contributed by atoms with Crippen LogP contribution in [0.2, 0.25) is 0 Å². The average molecular weight is 382 g/mol. The van der Waals surface area contributed by atoms with Gasteiger partial charge >= 0.3 is 0 Å². The summed E-state index contributed by atoms with van der Waals surface area (Å²) in [5.41, 5.74) is 5.72. The van der Waals surface area contributed by atoms with Gasteiger partial charge in [-0.05, 0) is 31.2 Å². The number of aliphatic hydroxyl groups excluding tert-OH is 2. The van der Waals surface area contributed by atoms with Gasteiger partial charge in [0.1, 0.15) is 0 Å². The van der Waals surface area contributed by atoms with Crippen LogP contribution in [0.4, 0.5) is 0 Å². The van der Waals surface area contributed by atoms with E-state index < -0.39 is 24.0 Å². The smallest absolute Gasteiger partial charge is 0.271 e. The first-order valence-corrected chi connectivity index (χ1v) is 8.64. The lowest BCUT2D eigenvalue weighted by atomic mass is 10.1. The van der Waals surface area contributed by atoms with Gasteiger partial charge in [-0.25, -0.2) is 10.9 Å². The first-order chi connectivity index (χ1) is 13.5. The molecule has 2 atom stereocenters. The molecule has 0 aromatic heterocycles. The maximum atomic E-state index is 12.1. The van der Waals surface area contributed by atoms with E-state index in [0.717, 1.165) is 0 Å². The third-order valence-electron chi connectivity index (χ3n) is 3.73. The number of hydrazone groups is 2. The first-order valence-electron chi connectivity index (χ1n) is 8.64. The van der Waals surface area contributed by atoms with Crippen LogP contribution < -0.4 is 10.9 Å². The van der Waals surface area contributed by atoms with Crippen molar-refractivity contribution in [2.75, 3.05) is 0 Å². The molecule has 2 aromatic rings. The Balaban J connectivity index is 2.05. The highest BCUT2D eigenvalue weighted by molar-refractivity contribution is 6.31. The van der Waals surface area contributed by atoms with Crippen molar-refractivity contribution in [1.82, 2.24) is 10.9 Å². The van der Waals surface area contributed by atoms with Gasteiger partial charge < -0.3 is 10.2 Å². The lowest BCUT2D eigenvalue weighted by molar-refractivity contribution is 0.0366. The molecule has 0 unspecified atom stereocenters. The van der Waals surface area contributed by atoms with Crippen LogP contribution in [-0.4, -0.2) is 46.2 Å². The van der Waals surface area contributed by atoms with Gasteiger partial charge in [-0.15, -0.1) is 0 Å². The van der Waals surface area contributed by atoms with E-state index in [4.69, 9.17) is 0 Å². The van der Waals surface area contributed by atoms with Crippen LogP contribution in [0.3, 0.4) is 0 Å². The van der Waals surface area contributed by atoms with E-state index in [1.165, 1.54) is 13.1 Å². The van der Waals surface area contributed by atoms with Crippen LogP contribution in [0.1, 0.15) is 34.1 Å². The highest BCUT2D eigenvalue weighted by atomic mass is 16.3. The molecule has 0 spiro atoms. The van der Waals surface area contributed by atoms with E-state index in [9.17, 15) is 19.8 Å². The van der Waals surface area contributed by atoms with Gasteiger partial charge in [0, 0.05) is 17.5 Å². The molecule has 0 radical (unpaired) electrons. The maximum absolute atomic E-state index is 12.1. The molecule has 2 aromatic carbocycles. The van der Waals surface area contributed by atoms with Crippen LogP contribution in [0.15, 0.2) is 70.9 Å². The molecule has 146 valence electrons. The molecule has 4 N–H and O–H groups in total. The van der Waals surface area contributed by atoms with Crippen molar-refractivity contribution in [3.05, 3.63) is 71.8 Å². The van der Waals surface area contributed by atoms with Crippen molar-refractivity contribution in [1.29, 1.82) is 0 Å². The Bertz CT molecular complexity index is 836. The molecule has 8 heteroatoms. The average Bonchev–Trinajstić information content (AvgIpc) is 2.72. The molecule has 8 nitrogen and oxygen atoms in total. The van der Waals surface area contributed by atoms with E-state index in [2.05, 4.69) is 21.1 Å². The monoisotopic (exact) mass is 382 g/mol. The number of carbonyl (C=O) groups excluding carboxylic acids is 2. The zero-order valence-corrected chi connectivity index (χ0v) is 15.3. The largest absolute Gasteiger partial charge is 0.391 e. The molecule has 0 aliphatic heterocycles. The van der Waals surface area contributed by atoms with Crippen LogP contribution in [-0.2, 0) is 0 Å². The third-order valence-corrected chi connectivity index (χ3v) is 3.73. The summed E-state index contributed by atoms with van der Waals surface area (Å²) in [4.78, 5) is 24.1. The molecule has 0 heterocycles. The summed E-state index contributed by atoms with van der Waals surface area (Å²) in [5, 5.41) is 27.1. The molecule has 0 bridgehead atoms. The fourth-order valence-electron chi connectivity index (χ4n) is 2.11. The number of hydrogen-bond donors (Lipinski definition) is 4. The number of rotatable bonds is 8. The quantitative estimate of drug-likeness (QED) is 0.406. The Morgan fingerprint density at radius 1 is 0.929 bits per heavy atom. The summed E-state index contributed by atoms with van der Waals surface area (Å²) < 4.78 is 0. The summed E-state index contributed by atoms with van der Waals surface area (Å²) in [6.45, 7) is 1.43. The minimum atomic E-state index is -1.11. The van der Waals surface area contributed by atoms with Crippen LogP contribution in [0.5, 0.6) is 0 Å². The minimum absolute atomic E-state index is 0.0720.